The Morgan fingerprint density at radius 3 is 2.86 bits per heavy atom. The number of aromatic amines is 1. The fourth-order valence-electron chi connectivity index (χ4n) is 3.75. The first-order valence-corrected chi connectivity index (χ1v) is 9.61. The number of ether oxygens (including phenoxy) is 2. The van der Waals surface area contributed by atoms with Gasteiger partial charge in [-0.2, -0.15) is 0 Å². The maximum Gasteiger partial charge on any atom is 0.251 e. The fourth-order valence-corrected chi connectivity index (χ4v) is 3.75. The molecule has 150 valence electrons. The predicted molar refractivity (Wildman–Crippen MR) is 110 cm³/mol. The standard InChI is InChI=1S/C22H24N4O3/c1-28-18-6-5-16(20(10-18)29-2)13-26-9-7-17(14-26)22-24-19(11-21(27)25-22)15-4-3-8-23-12-15/h3-6,8,10-12,17H,7,9,13-14H2,1-2H3,(H,24,25,27)/t17-/m0/s1. The molecule has 7 heteroatoms. The zero-order valence-electron chi connectivity index (χ0n) is 16.6. The Labute approximate surface area is 169 Å². The van der Waals surface area contributed by atoms with E-state index in [0.717, 1.165) is 54.5 Å². The fraction of sp³-hybridized carbons (Fsp3) is 0.318. The van der Waals surface area contributed by atoms with Crippen molar-refractivity contribution in [2.24, 2.45) is 0 Å². The van der Waals surface area contributed by atoms with Crippen molar-refractivity contribution in [1.82, 2.24) is 19.9 Å². The van der Waals surface area contributed by atoms with Crippen molar-refractivity contribution < 1.29 is 9.47 Å². The largest absolute Gasteiger partial charge is 0.497 e. The van der Waals surface area contributed by atoms with E-state index in [4.69, 9.17) is 14.5 Å². The molecule has 0 radical (unpaired) electrons. The molecule has 3 aromatic rings. The van der Waals surface area contributed by atoms with Crippen LogP contribution in [0, 0.1) is 0 Å². The molecule has 1 aliphatic heterocycles. The van der Waals surface area contributed by atoms with Gasteiger partial charge in [-0.05, 0) is 31.2 Å². The minimum Gasteiger partial charge on any atom is -0.497 e. The van der Waals surface area contributed by atoms with E-state index in [1.807, 2.05) is 30.3 Å². The molecule has 1 N–H and O–H groups in total. The summed E-state index contributed by atoms with van der Waals surface area (Å²) < 4.78 is 10.8. The van der Waals surface area contributed by atoms with Crippen LogP contribution in [0.15, 0.2) is 53.6 Å². The summed E-state index contributed by atoms with van der Waals surface area (Å²) in [6, 6.07) is 11.2. The lowest BCUT2D eigenvalue weighted by atomic mass is 10.1. The van der Waals surface area contributed by atoms with E-state index in [9.17, 15) is 4.79 Å². The zero-order valence-corrected chi connectivity index (χ0v) is 16.6. The van der Waals surface area contributed by atoms with Crippen LogP contribution in [-0.4, -0.2) is 47.2 Å². The highest BCUT2D eigenvalue weighted by Gasteiger charge is 2.27. The number of nitrogens with zero attached hydrogens (tertiary/aromatic N) is 3. The second-order valence-corrected chi connectivity index (χ2v) is 7.16. The van der Waals surface area contributed by atoms with Crippen molar-refractivity contribution in [2.75, 3.05) is 27.3 Å². The van der Waals surface area contributed by atoms with E-state index in [0.29, 0.717) is 5.69 Å². The van der Waals surface area contributed by atoms with Crippen LogP contribution in [0.2, 0.25) is 0 Å². The average Bonchev–Trinajstić information content (AvgIpc) is 3.23. The highest BCUT2D eigenvalue weighted by atomic mass is 16.5. The molecule has 0 unspecified atom stereocenters. The third kappa shape index (κ3) is 4.30. The number of hydrogen-bond acceptors (Lipinski definition) is 6. The number of likely N-dealkylation sites (tertiary alicyclic amines) is 1. The van der Waals surface area contributed by atoms with Gasteiger partial charge >= 0.3 is 0 Å². The summed E-state index contributed by atoms with van der Waals surface area (Å²) in [5.41, 5.74) is 2.48. The molecule has 1 aliphatic rings. The van der Waals surface area contributed by atoms with Crippen LogP contribution >= 0.6 is 0 Å². The lowest BCUT2D eigenvalue weighted by Gasteiger charge is -2.18. The summed E-state index contributed by atoms with van der Waals surface area (Å²) in [4.78, 5) is 26.3. The highest BCUT2D eigenvalue weighted by Crippen LogP contribution is 2.30. The molecule has 29 heavy (non-hydrogen) atoms. The molecule has 1 aromatic carbocycles. The quantitative estimate of drug-likeness (QED) is 0.695. The van der Waals surface area contributed by atoms with Gasteiger partial charge in [-0.1, -0.05) is 6.07 Å². The van der Waals surface area contributed by atoms with Crippen molar-refractivity contribution >= 4 is 0 Å². The van der Waals surface area contributed by atoms with Gasteiger partial charge < -0.3 is 14.5 Å². The van der Waals surface area contributed by atoms with Crippen LogP contribution in [0.4, 0.5) is 0 Å². The van der Waals surface area contributed by atoms with Gasteiger partial charge in [0, 0.05) is 54.7 Å². The number of rotatable bonds is 6. The van der Waals surface area contributed by atoms with Crippen molar-refractivity contribution in [3.8, 4) is 22.8 Å². The molecule has 0 bridgehead atoms. The molecule has 0 spiro atoms. The Hall–Kier alpha value is -3.19. The molecule has 4 rings (SSSR count). The van der Waals surface area contributed by atoms with E-state index in [2.05, 4.69) is 14.9 Å². The number of methoxy groups -OCH3 is 2. The zero-order chi connectivity index (χ0) is 20.2. The van der Waals surface area contributed by atoms with E-state index in [1.165, 1.54) is 6.07 Å². The van der Waals surface area contributed by atoms with Gasteiger partial charge in [0.25, 0.3) is 5.56 Å². The first-order chi connectivity index (χ1) is 14.2. The Morgan fingerprint density at radius 1 is 1.21 bits per heavy atom. The van der Waals surface area contributed by atoms with Gasteiger partial charge in [0.2, 0.25) is 0 Å². The minimum atomic E-state index is -0.135. The van der Waals surface area contributed by atoms with Crippen LogP contribution in [0.1, 0.15) is 23.7 Å². The van der Waals surface area contributed by atoms with Crippen LogP contribution in [0.25, 0.3) is 11.3 Å². The van der Waals surface area contributed by atoms with E-state index in [-0.39, 0.29) is 11.5 Å². The number of aromatic nitrogens is 3. The predicted octanol–water partition coefficient (Wildman–Crippen LogP) is 2.84. The molecule has 0 saturated carbocycles. The van der Waals surface area contributed by atoms with Gasteiger partial charge in [-0.3, -0.25) is 14.7 Å². The molecule has 0 aliphatic carbocycles. The molecule has 1 fully saturated rings. The summed E-state index contributed by atoms with van der Waals surface area (Å²) in [6.45, 7) is 2.53. The molecule has 1 saturated heterocycles. The summed E-state index contributed by atoms with van der Waals surface area (Å²) >= 11 is 0. The smallest absolute Gasteiger partial charge is 0.251 e. The minimum absolute atomic E-state index is 0.135. The molecular formula is C22H24N4O3. The van der Waals surface area contributed by atoms with Crippen molar-refractivity contribution in [3.63, 3.8) is 0 Å². The normalized spacial score (nSPS) is 16.7. The second-order valence-electron chi connectivity index (χ2n) is 7.16. The molecule has 2 aromatic heterocycles. The summed E-state index contributed by atoms with van der Waals surface area (Å²) in [7, 11) is 3.32. The van der Waals surface area contributed by atoms with E-state index in [1.54, 1.807) is 26.6 Å². The molecule has 0 amide bonds. The van der Waals surface area contributed by atoms with Crippen LogP contribution in [-0.2, 0) is 6.54 Å². The monoisotopic (exact) mass is 392 g/mol. The Kier molecular flexibility index (Phi) is 5.57. The SMILES string of the molecule is COc1ccc(CN2CC[C@H](c3nc(-c4cccnc4)cc(=O)[nH]3)C2)c(OC)c1. The van der Waals surface area contributed by atoms with Crippen LogP contribution in [0.5, 0.6) is 11.5 Å². The maximum atomic E-state index is 12.2. The van der Waals surface area contributed by atoms with Gasteiger partial charge in [-0.25, -0.2) is 4.98 Å². The topological polar surface area (TPSA) is 80.3 Å². The van der Waals surface area contributed by atoms with Crippen LogP contribution in [0.3, 0.4) is 0 Å². The van der Waals surface area contributed by atoms with Gasteiger partial charge in [0.15, 0.2) is 0 Å². The molecule has 7 nitrogen and oxygen atoms in total. The number of benzene rings is 1. The first kappa shape index (κ1) is 19.1. The Bertz CT molecular complexity index is 1040. The number of pyridine rings is 1. The summed E-state index contributed by atoms with van der Waals surface area (Å²) in [5, 5.41) is 0. The van der Waals surface area contributed by atoms with Crippen LogP contribution < -0.4 is 15.0 Å². The lowest BCUT2D eigenvalue weighted by Crippen LogP contribution is -2.21. The van der Waals surface area contributed by atoms with Gasteiger partial charge in [-0.15, -0.1) is 0 Å². The second kappa shape index (κ2) is 8.45. The third-order valence-electron chi connectivity index (χ3n) is 5.26. The third-order valence-corrected chi connectivity index (χ3v) is 5.26. The average molecular weight is 392 g/mol. The summed E-state index contributed by atoms with van der Waals surface area (Å²) in [6.07, 6.45) is 4.38. The Balaban J connectivity index is 1.51. The highest BCUT2D eigenvalue weighted by molar-refractivity contribution is 5.57. The van der Waals surface area contributed by atoms with E-state index >= 15 is 0 Å². The van der Waals surface area contributed by atoms with Gasteiger partial charge in [0.1, 0.15) is 17.3 Å². The van der Waals surface area contributed by atoms with Crippen molar-refractivity contribution in [2.45, 2.75) is 18.9 Å². The number of hydrogen-bond donors (Lipinski definition) is 1. The molecular weight excluding hydrogens is 368 g/mol. The lowest BCUT2D eigenvalue weighted by molar-refractivity contribution is 0.315. The first-order valence-electron chi connectivity index (χ1n) is 9.61. The Morgan fingerprint density at radius 2 is 2.10 bits per heavy atom. The van der Waals surface area contributed by atoms with Gasteiger partial charge in [0.05, 0.1) is 19.9 Å². The van der Waals surface area contributed by atoms with Crippen molar-refractivity contribution in [1.29, 1.82) is 0 Å². The number of nitrogens with one attached hydrogen (secondary N) is 1. The van der Waals surface area contributed by atoms with Crippen molar-refractivity contribution in [3.05, 3.63) is 70.5 Å². The maximum absolute atomic E-state index is 12.2. The van der Waals surface area contributed by atoms with E-state index < -0.39 is 0 Å². The summed E-state index contributed by atoms with van der Waals surface area (Å²) in [5.74, 6) is 2.51. The molecule has 1 atom stereocenters. The number of H-pyrrole nitrogens is 1. The molecule has 3 heterocycles.